The average Bonchev–Trinajstić information content (AvgIpc) is 2.31. The molecule has 0 aliphatic heterocycles. The third-order valence-corrected chi connectivity index (χ3v) is 4.48. The van der Waals surface area contributed by atoms with Crippen LogP contribution in [-0.4, -0.2) is 24.7 Å². The van der Waals surface area contributed by atoms with Crippen LogP contribution in [0.1, 0.15) is 5.56 Å². The summed E-state index contributed by atoms with van der Waals surface area (Å²) in [6.07, 6.45) is 0.286. The van der Waals surface area contributed by atoms with Gasteiger partial charge < -0.3 is 9.66 Å². The molecule has 8 heteroatoms. The normalized spacial score (nSPS) is 10.8. The van der Waals surface area contributed by atoms with E-state index in [1.807, 2.05) is 0 Å². The van der Waals surface area contributed by atoms with E-state index in [9.17, 15) is 13.0 Å². The van der Waals surface area contributed by atoms with Crippen LogP contribution in [0.2, 0.25) is 0 Å². The van der Waals surface area contributed by atoms with E-state index in [4.69, 9.17) is 5.11 Å². The van der Waals surface area contributed by atoms with Gasteiger partial charge in [-0.25, -0.2) is 8.42 Å². The Bertz CT molecular complexity index is 706. The molecular formula is C12H10AcBrKO4S. The number of hydrogen-bond acceptors (Lipinski definition) is 4. The topological polar surface area (TPSA) is 77.4 Å². The van der Waals surface area contributed by atoms with E-state index in [1.165, 1.54) is 6.07 Å². The molecule has 1 N–H and O–H groups in total. The average molecular weight is 596 g/mol. The minimum absolute atomic E-state index is 0. The molecule has 0 aliphatic carbocycles. The van der Waals surface area contributed by atoms with Crippen LogP contribution in [0.25, 0.3) is 10.8 Å². The molecule has 0 bridgehead atoms. The van der Waals surface area contributed by atoms with Gasteiger partial charge in [-0.05, 0) is 39.4 Å². The number of benzene rings is 2. The Hall–Kier alpha value is 2.13. The first-order valence-electron chi connectivity index (χ1n) is 5.22. The molecule has 4 nitrogen and oxygen atoms in total. The number of rotatable bonds is 3. The zero-order chi connectivity index (χ0) is 13.3. The van der Waals surface area contributed by atoms with Crippen LogP contribution in [0.5, 0.6) is 0 Å². The van der Waals surface area contributed by atoms with Crippen molar-refractivity contribution in [3.05, 3.63) is 40.4 Å². The fourth-order valence-corrected chi connectivity index (χ4v) is 3.26. The summed E-state index contributed by atoms with van der Waals surface area (Å²) in [6, 6.07) is 8.08. The van der Waals surface area contributed by atoms with Crippen molar-refractivity contribution in [1.29, 1.82) is 0 Å². The molecule has 99 valence electrons. The molecule has 20 heavy (non-hydrogen) atoms. The van der Waals surface area contributed by atoms with Gasteiger partial charge in [-0.3, -0.25) is 0 Å². The van der Waals surface area contributed by atoms with Crippen LogP contribution >= 0.6 is 15.9 Å². The first-order chi connectivity index (χ1) is 8.45. The van der Waals surface area contributed by atoms with Gasteiger partial charge in [-0.1, -0.05) is 24.3 Å². The molecule has 0 aromatic heterocycles. The van der Waals surface area contributed by atoms with Gasteiger partial charge in [0.05, 0.1) is 4.90 Å². The van der Waals surface area contributed by atoms with Gasteiger partial charge in [0, 0.05) is 60.5 Å². The van der Waals surface area contributed by atoms with E-state index in [0.717, 1.165) is 0 Å². The van der Waals surface area contributed by atoms with E-state index in [1.54, 1.807) is 24.3 Å². The van der Waals surface area contributed by atoms with E-state index in [2.05, 4.69) is 15.9 Å². The SMILES string of the molecule is O=S(=O)([O-])c1cc(CCO)c(Br)c2ccccc12.[Ac].[K+]. The molecule has 0 fully saturated rings. The number of halogens is 1. The van der Waals surface area contributed by atoms with Gasteiger partial charge in [0.2, 0.25) is 0 Å². The van der Waals surface area contributed by atoms with Crippen molar-refractivity contribution >= 4 is 36.8 Å². The van der Waals surface area contributed by atoms with Crippen molar-refractivity contribution in [2.75, 3.05) is 6.61 Å². The summed E-state index contributed by atoms with van der Waals surface area (Å²) in [5.74, 6) is 0. The fraction of sp³-hybridized carbons (Fsp3) is 0.167. The van der Waals surface area contributed by atoms with Crippen molar-refractivity contribution in [2.24, 2.45) is 0 Å². The third kappa shape index (κ3) is 5.07. The largest absolute Gasteiger partial charge is 1.00 e. The first kappa shape index (κ1) is 22.1. The predicted octanol–water partition coefficient (Wildman–Crippen LogP) is -0.955. The van der Waals surface area contributed by atoms with Crippen LogP contribution in [0.3, 0.4) is 0 Å². The van der Waals surface area contributed by atoms with Gasteiger partial charge >= 0.3 is 51.4 Å². The standard InChI is InChI=1S/C12H11BrO4S.Ac.K/c13-12-8(5-6-14)7-11(18(15,16)17)9-3-1-2-4-10(9)12;;/h1-4,7,14H,5-6H2,(H,15,16,17);;/q;;+1/p-1. The maximum absolute atomic E-state index is 11.3. The molecule has 0 saturated carbocycles. The summed E-state index contributed by atoms with van der Waals surface area (Å²) < 4.78 is 34.6. The molecule has 2 aromatic carbocycles. The summed E-state index contributed by atoms with van der Waals surface area (Å²) in [5, 5.41) is 10.0. The number of aliphatic hydroxyl groups is 1. The van der Waals surface area contributed by atoms with Crippen molar-refractivity contribution < 1.29 is 114 Å². The zero-order valence-corrected chi connectivity index (χ0v) is 21.1. The van der Waals surface area contributed by atoms with E-state index < -0.39 is 10.1 Å². The Labute approximate surface area is 204 Å². The van der Waals surface area contributed by atoms with Crippen molar-refractivity contribution in [2.45, 2.75) is 11.3 Å². The molecule has 1 radical (unpaired) electrons. The third-order valence-electron chi connectivity index (χ3n) is 2.67. The smallest absolute Gasteiger partial charge is 0.744 e. The van der Waals surface area contributed by atoms with Gasteiger partial charge in [-0.2, -0.15) is 0 Å². The predicted molar refractivity (Wildman–Crippen MR) is 70.4 cm³/mol. The Kier molecular flexibility index (Phi) is 10.4. The maximum atomic E-state index is 11.3. The Balaban J connectivity index is 0.00000180. The number of hydrogen-bond donors (Lipinski definition) is 1. The van der Waals surface area contributed by atoms with Crippen LogP contribution < -0.4 is 51.4 Å². The molecule has 0 aliphatic rings. The van der Waals surface area contributed by atoms with Crippen molar-refractivity contribution in [1.82, 2.24) is 0 Å². The van der Waals surface area contributed by atoms with Crippen molar-refractivity contribution in [3.8, 4) is 0 Å². The molecule has 0 atom stereocenters. The molecule has 0 spiro atoms. The first-order valence-corrected chi connectivity index (χ1v) is 7.42. The Morgan fingerprint density at radius 2 is 1.75 bits per heavy atom. The number of fused-ring (bicyclic) bond motifs is 1. The van der Waals surface area contributed by atoms with E-state index >= 15 is 0 Å². The summed E-state index contributed by atoms with van der Waals surface area (Å²) in [6.45, 7) is -0.116. The molecular weight excluding hydrogens is 586 g/mol. The monoisotopic (exact) mass is 595 g/mol. The minimum atomic E-state index is -4.54. The fourth-order valence-electron chi connectivity index (χ4n) is 1.87. The maximum Gasteiger partial charge on any atom is 1.00 e. The van der Waals surface area contributed by atoms with Gasteiger partial charge in [0.1, 0.15) is 10.1 Å². The summed E-state index contributed by atoms with van der Waals surface area (Å²) in [5.41, 5.74) is 0.602. The number of aliphatic hydroxyl groups excluding tert-OH is 1. The van der Waals surface area contributed by atoms with Crippen molar-refractivity contribution in [3.63, 3.8) is 0 Å². The zero-order valence-electron chi connectivity index (χ0n) is 10.8. The second-order valence-corrected chi connectivity index (χ2v) is 5.96. The summed E-state index contributed by atoms with van der Waals surface area (Å²) >= 11 is 3.38. The van der Waals surface area contributed by atoms with Gasteiger partial charge in [0.15, 0.2) is 0 Å². The molecule has 2 aromatic rings. The van der Waals surface area contributed by atoms with E-state index in [-0.39, 0.29) is 113 Å². The van der Waals surface area contributed by atoms with Crippen LogP contribution in [0.4, 0.5) is 0 Å². The molecule has 0 unspecified atom stereocenters. The molecule has 0 saturated heterocycles. The Morgan fingerprint density at radius 1 is 1.20 bits per heavy atom. The molecule has 2 rings (SSSR count). The summed E-state index contributed by atoms with van der Waals surface area (Å²) in [7, 11) is -4.54. The minimum Gasteiger partial charge on any atom is -0.744 e. The Morgan fingerprint density at radius 3 is 2.25 bits per heavy atom. The quantitative estimate of drug-likeness (QED) is 0.367. The molecule has 0 amide bonds. The second-order valence-electron chi connectivity index (χ2n) is 3.82. The molecule has 0 heterocycles. The van der Waals surface area contributed by atoms with Gasteiger partial charge in [-0.15, -0.1) is 0 Å². The van der Waals surface area contributed by atoms with Crippen LogP contribution in [0.15, 0.2) is 39.7 Å². The summed E-state index contributed by atoms with van der Waals surface area (Å²) in [4.78, 5) is -0.246. The van der Waals surface area contributed by atoms with Crippen LogP contribution in [-0.2, 0) is 16.5 Å². The van der Waals surface area contributed by atoms with Crippen LogP contribution in [0, 0.1) is 44.1 Å². The van der Waals surface area contributed by atoms with E-state index in [0.29, 0.717) is 20.8 Å². The van der Waals surface area contributed by atoms with Gasteiger partial charge in [0.25, 0.3) is 0 Å². The second kappa shape index (κ2) is 9.43.